The first-order valence-corrected chi connectivity index (χ1v) is 13.2. The van der Waals surface area contributed by atoms with Gasteiger partial charge in [0, 0.05) is 35.1 Å². The summed E-state index contributed by atoms with van der Waals surface area (Å²) in [6.45, 7) is 4.15. The highest BCUT2D eigenvalue weighted by Gasteiger charge is 2.73. The van der Waals surface area contributed by atoms with Gasteiger partial charge < -0.3 is 15.0 Å². The number of carbonyl (C=O) groups excluding carboxylic acids is 3. The molecule has 0 bridgehead atoms. The Morgan fingerprint density at radius 1 is 0.841 bits per heavy atom. The van der Waals surface area contributed by atoms with E-state index in [1.54, 1.807) is 12.1 Å². The predicted octanol–water partition coefficient (Wildman–Crippen LogP) is 7.79. The molecule has 0 spiro atoms. The number of hydrogen-bond acceptors (Lipinski definition) is 4. The molecule has 0 heterocycles. The molecule has 1 atom stereocenters. The number of benzene rings is 3. The van der Waals surface area contributed by atoms with Crippen molar-refractivity contribution in [3.63, 3.8) is 0 Å². The third-order valence-electron chi connectivity index (χ3n) is 7.15. The lowest BCUT2D eigenvalue weighted by Gasteiger charge is -2.32. The van der Waals surface area contributed by atoms with E-state index in [1.165, 1.54) is 64.4 Å². The highest BCUT2D eigenvalue weighted by Crippen LogP contribution is 2.54. The Hall–Kier alpha value is -4.42. The topological polar surface area (TPSA) is 75.7 Å². The molecule has 13 heteroatoms. The Bertz CT molecular complexity index is 1510. The van der Waals surface area contributed by atoms with Crippen LogP contribution in [0, 0.1) is 13.8 Å². The van der Waals surface area contributed by atoms with E-state index < -0.39 is 47.3 Å². The summed E-state index contributed by atoms with van der Waals surface area (Å²) in [5, 5.41) is 2.65. The van der Waals surface area contributed by atoms with Gasteiger partial charge in [-0.2, -0.15) is 26.3 Å². The van der Waals surface area contributed by atoms with Crippen molar-refractivity contribution in [1.29, 1.82) is 0 Å². The van der Waals surface area contributed by atoms with Crippen molar-refractivity contribution >= 4 is 29.2 Å². The number of hydrogen-bond donors (Lipinski definition) is 1. The molecular weight excluding hydrogens is 597 g/mol. The van der Waals surface area contributed by atoms with Crippen LogP contribution in [0.5, 0.6) is 0 Å². The lowest BCUT2D eigenvalue weighted by molar-refractivity contribution is -0.348. The Balaban J connectivity index is 1.85. The van der Waals surface area contributed by atoms with Crippen LogP contribution in [0.1, 0.15) is 62.2 Å². The SMILES string of the molecule is CCC(C(=O)OC)c1ccc(C(=O)Nc2cccc(C(=O)N(C)c3c(C)cc(C(F)(C(F)(F)F)C(F)(F)F)cc3C)c2)cc1. The number of methoxy groups -OCH3 is 1. The van der Waals surface area contributed by atoms with Crippen molar-refractivity contribution in [2.45, 2.75) is 51.1 Å². The summed E-state index contributed by atoms with van der Waals surface area (Å²) in [4.78, 5) is 39.1. The fourth-order valence-electron chi connectivity index (χ4n) is 4.95. The number of rotatable bonds is 8. The molecule has 2 amide bonds. The van der Waals surface area contributed by atoms with Gasteiger partial charge >= 0.3 is 24.0 Å². The first-order valence-electron chi connectivity index (χ1n) is 13.2. The number of halogens is 7. The second-order valence-electron chi connectivity index (χ2n) is 10.1. The molecule has 0 radical (unpaired) electrons. The van der Waals surface area contributed by atoms with Gasteiger partial charge in [-0.05, 0) is 67.3 Å². The maximum absolute atomic E-state index is 14.7. The van der Waals surface area contributed by atoms with E-state index in [4.69, 9.17) is 4.74 Å². The Morgan fingerprint density at radius 3 is 1.86 bits per heavy atom. The molecule has 1 unspecified atom stereocenters. The minimum Gasteiger partial charge on any atom is -0.469 e. The fraction of sp³-hybridized carbons (Fsp3) is 0.323. The lowest BCUT2D eigenvalue weighted by Crippen LogP contribution is -2.50. The molecule has 0 saturated heterocycles. The Morgan fingerprint density at radius 2 is 1.39 bits per heavy atom. The smallest absolute Gasteiger partial charge is 0.435 e. The maximum atomic E-state index is 14.7. The molecule has 3 rings (SSSR count). The molecule has 6 nitrogen and oxygen atoms in total. The number of carbonyl (C=O) groups is 3. The Kier molecular flexibility index (Phi) is 9.81. The number of nitrogens with zero attached hydrogens (tertiary/aromatic N) is 1. The van der Waals surface area contributed by atoms with E-state index in [0.717, 1.165) is 4.90 Å². The van der Waals surface area contributed by atoms with Crippen LogP contribution in [-0.2, 0) is 15.2 Å². The molecule has 1 N–H and O–H groups in total. The number of alkyl halides is 7. The van der Waals surface area contributed by atoms with Crippen molar-refractivity contribution < 1.29 is 49.9 Å². The van der Waals surface area contributed by atoms with Crippen molar-refractivity contribution in [1.82, 2.24) is 0 Å². The molecule has 236 valence electrons. The molecule has 3 aromatic carbocycles. The van der Waals surface area contributed by atoms with Crippen molar-refractivity contribution in [3.05, 3.63) is 94.0 Å². The normalized spacial score (nSPS) is 12.8. The van der Waals surface area contributed by atoms with Gasteiger partial charge in [-0.1, -0.05) is 37.3 Å². The second kappa shape index (κ2) is 12.7. The highest BCUT2D eigenvalue weighted by molar-refractivity contribution is 6.08. The van der Waals surface area contributed by atoms with Gasteiger partial charge in [0.25, 0.3) is 11.8 Å². The summed E-state index contributed by atoms with van der Waals surface area (Å²) < 4.78 is 99.2. The third-order valence-corrected chi connectivity index (χ3v) is 7.15. The summed E-state index contributed by atoms with van der Waals surface area (Å²) in [6.07, 6.45) is -12.1. The molecular formula is C31H29F7N2O4. The fourth-order valence-corrected chi connectivity index (χ4v) is 4.95. The number of ether oxygens (including phenoxy) is 1. The molecule has 0 fully saturated rings. The van der Waals surface area contributed by atoms with E-state index in [0.29, 0.717) is 24.1 Å². The van der Waals surface area contributed by atoms with Crippen LogP contribution >= 0.6 is 0 Å². The molecule has 0 aliphatic rings. The van der Waals surface area contributed by atoms with Crippen LogP contribution < -0.4 is 10.2 Å². The average Bonchev–Trinajstić information content (AvgIpc) is 2.95. The number of amides is 2. The second-order valence-corrected chi connectivity index (χ2v) is 10.1. The van der Waals surface area contributed by atoms with E-state index in [9.17, 15) is 45.1 Å². The zero-order chi connectivity index (χ0) is 33.2. The first-order chi connectivity index (χ1) is 20.4. The van der Waals surface area contributed by atoms with Crippen LogP contribution in [0.25, 0.3) is 0 Å². The molecule has 3 aromatic rings. The summed E-state index contributed by atoms with van der Waals surface area (Å²) in [6, 6.07) is 12.9. The first kappa shape index (κ1) is 34.1. The van der Waals surface area contributed by atoms with Crippen LogP contribution in [-0.4, -0.2) is 44.3 Å². The van der Waals surface area contributed by atoms with Gasteiger partial charge in [-0.3, -0.25) is 14.4 Å². The summed E-state index contributed by atoms with van der Waals surface area (Å²) in [7, 11) is 2.55. The van der Waals surface area contributed by atoms with Gasteiger partial charge in [-0.25, -0.2) is 4.39 Å². The number of nitrogens with one attached hydrogen (secondary N) is 1. The zero-order valence-corrected chi connectivity index (χ0v) is 24.3. The van der Waals surface area contributed by atoms with Gasteiger partial charge in [0.1, 0.15) is 0 Å². The Labute approximate surface area is 248 Å². The van der Waals surface area contributed by atoms with Gasteiger partial charge in [0.2, 0.25) is 0 Å². The minimum atomic E-state index is -6.28. The average molecular weight is 627 g/mol. The zero-order valence-electron chi connectivity index (χ0n) is 24.3. The van der Waals surface area contributed by atoms with Crippen LogP contribution in [0.3, 0.4) is 0 Å². The minimum absolute atomic E-state index is 0.0164. The summed E-state index contributed by atoms with van der Waals surface area (Å²) in [5.41, 5.74) is -6.48. The van der Waals surface area contributed by atoms with Crippen LogP contribution in [0.4, 0.5) is 42.1 Å². The van der Waals surface area contributed by atoms with Crippen molar-refractivity contribution in [2.24, 2.45) is 0 Å². The summed E-state index contributed by atoms with van der Waals surface area (Å²) in [5.74, 6) is -2.12. The van der Waals surface area contributed by atoms with Gasteiger partial charge in [-0.15, -0.1) is 0 Å². The number of anilines is 2. The van der Waals surface area contributed by atoms with E-state index in [1.807, 2.05) is 6.92 Å². The maximum Gasteiger partial charge on any atom is 0.435 e. The van der Waals surface area contributed by atoms with Gasteiger partial charge in [0.15, 0.2) is 0 Å². The number of esters is 1. The molecule has 0 aliphatic heterocycles. The predicted molar refractivity (Wildman–Crippen MR) is 149 cm³/mol. The van der Waals surface area contributed by atoms with Crippen LogP contribution in [0.2, 0.25) is 0 Å². The number of aryl methyl sites for hydroxylation is 2. The monoisotopic (exact) mass is 626 g/mol. The van der Waals surface area contributed by atoms with E-state index in [-0.39, 0.29) is 33.6 Å². The van der Waals surface area contributed by atoms with E-state index in [2.05, 4.69) is 5.32 Å². The molecule has 0 aromatic heterocycles. The van der Waals surface area contributed by atoms with Crippen molar-refractivity contribution in [3.8, 4) is 0 Å². The van der Waals surface area contributed by atoms with Crippen LogP contribution in [0.15, 0.2) is 60.7 Å². The largest absolute Gasteiger partial charge is 0.469 e. The van der Waals surface area contributed by atoms with Crippen molar-refractivity contribution in [2.75, 3.05) is 24.4 Å². The molecule has 0 aliphatic carbocycles. The van der Waals surface area contributed by atoms with Gasteiger partial charge in [0.05, 0.1) is 13.0 Å². The molecule has 0 saturated carbocycles. The third kappa shape index (κ3) is 6.56. The lowest BCUT2D eigenvalue weighted by atomic mass is 9.90. The quantitative estimate of drug-likeness (QED) is 0.205. The summed E-state index contributed by atoms with van der Waals surface area (Å²) >= 11 is 0. The van der Waals surface area contributed by atoms with E-state index >= 15 is 0 Å². The standard InChI is InChI=1S/C31H29F7N2O4/c1-6-24(28(43)44-5)19-10-12-20(13-11-19)26(41)39-23-9-7-8-21(16-23)27(42)40(4)25-17(2)14-22(15-18(25)3)29(32,30(33,34)35)31(36,37)38/h7-16,24H,6H2,1-5H3,(H,39,41). The highest BCUT2D eigenvalue weighted by atomic mass is 19.4. The molecule has 44 heavy (non-hydrogen) atoms.